The predicted octanol–water partition coefficient (Wildman–Crippen LogP) is 2.06. The molecule has 1 saturated heterocycles. The van der Waals surface area contributed by atoms with E-state index in [0.29, 0.717) is 42.5 Å². The Labute approximate surface area is 182 Å². The molecule has 1 aliphatic heterocycles. The maximum absolute atomic E-state index is 13.2. The molecule has 0 aromatic carbocycles. The molecule has 2 aromatic rings. The summed E-state index contributed by atoms with van der Waals surface area (Å²) in [6, 6.07) is 1.35. The molecule has 158 valence electrons. The average Bonchev–Trinajstić information content (AvgIpc) is 3.49. The standard InChI is InChI=1S/C20H21Cl2N5O3/c21-20(22)7-11(20)1-2-16(28)14-6-10-5-13(10)27(14)17(29)9-26-15-8-24-4-3-12(15)18(25-26)19(23)30/h3-4,8,10-11,13-14H,1-2,5-7,9H2,(H2,23,30)/t10-,11-,13-,14+/m1/s1. The highest BCUT2D eigenvalue weighted by molar-refractivity contribution is 6.50. The van der Waals surface area contributed by atoms with Gasteiger partial charge in [0, 0.05) is 24.0 Å². The largest absolute Gasteiger partial charge is 0.364 e. The van der Waals surface area contributed by atoms with Crippen LogP contribution in [0, 0.1) is 11.8 Å². The summed E-state index contributed by atoms with van der Waals surface area (Å²) < 4.78 is 0.752. The minimum absolute atomic E-state index is 0.0661. The van der Waals surface area contributed by atoms with Crippen molar-refractivity contribution in [1.82, 2.24) is 19.7 Å². The van der Waals surface area contributed by atoms with Crippen LogP contribution in [0.4, 0.5) is 0 Å². The van der Waals surface area contributed by atoms with Crippen molar-refractivity contribution in [2.24, 2.45) is 17.6 Å². The summed E-state index contributed by atoms with van der Waals surface area (Å²) in [4.78, 5) is 43.5. The minimum atomic E-state index is -0.694. The first-order valence-electron chi connectivity index (χ1n) is 10.1. The molecule has 10 heteroatoms. The van der Waals surface area contributed by atoms with Gasteiger partial charge >= 0.3 is 0 Å². The van der Waals surface area contributed by atoms with Crippen LogP contribution in [0.3, 0.4) is 0 Å². The maximum Gasteiger partial charge on any atom is 0.269 e. The van der Waals surface area contributed by atoms with Crippen LogP contribution in [-0.4, -0.2) is 53.7 Å². The van der Waals surface area contributed by atoms with Crippen molar-refractivity contribution in [1.29, 1.82) is 0 Å². The number of fused-ring (bicyclic) bond motifs is 2. The van der Waals surface area contributed by atoms with E-state index in [9.17, 15) is 14.4 Å². The number of carbonyl (C=O) groups excluding carboxylic acids is 3. The SMILES string of the molecule is NC(=O)c1nn(CC(=O)N2[C@@H]3C[C@@H]3C[C@H]2C(=O)CC[C@@H]2CC2(Cl)Cl)c2cnccc12. The smallest absolute Gasteiger partial charge is 0.269 e. The molecule has 2 aromatic heterocycles. The molecule has 2 N–H and O–H groups in total. The molecule has 2 amide bonds. The second-order valence-electron chi connectivity index (χ2n) is 8.55. The lowest BCUT2D eigenvalue weighted by molar-refractivity contribution is -0.139. The average molecular weight is 450 g/mol. The molecular weight excluding hydrogens is 429 g/mol. The van der Waals surface area contributed by atoms with E-state index in [-0.39, 0.29) is 35.9 Å². The Balaban J connectivity index is 1.32. The van der Waals surface area contributed by atoms with Gasteiger partial charge in [-0.15, -0.1) is 23.2 Å². The molecule has 8 nitrogen and oxygen atoms in total. The van der Waals surface area contributed by atoms with Crippen LogP contribution in [0.2, 0.25) is 0 Å². The molecule has 0 radical (unpaired) electrons. The van der Waals surface area contributed by atoms with Gasteiger partial charge in [-0.1, -0.05) is 0 Å². The van der Waals surface area contributed by atoms with Gasteiger partial charge in [0.15, 0.2) is 11.5 Å². The van der Waals surface area contributed by atoms with Crippen LogP contribution >= 0.6 is 23.2 Å². The van der Waals surface area contributed by atoms with Crippen LogP contribution in [0.25, 0.3) is 10.9 Å². The number of halogens is 2. The van der Waals surface area contributed by atoms with E-state index in [0.717, 1.165) is 6.42 Å². The van der Waals surface area contributed by atoms with Gasteiger partial charge in [-0.05, 0) is 43.6 Å². The molecule has 4 atom stereocenters. The van der Waals surface area contributed by atoms with E-state index in [1.807, 2.05) is 0 Å². The summed E-state index contributed by atoms with van der Waals surface area (Å²) in [5.41, 5.74) is 6.09. The fourth-order valence-corrected chi connectivity index (χ4v) is 5.29. The monoisotopic (exact) mass is 449 g/mol. The zero-order valence-electron chi connectivity index (χ0n) is 16.1. The van der Waals surface area contributed by atoms with Gasteiger partial charge in [-0.2, -0.15) is 5.10 Å². The number of piperidine rings is 1. The Kier molecular flexibility index (Phi) is 4.56. The summed E-state index contributed by atoms with van der Waals surface area (Å²) >= 11 is 12.1. The van der Waals surface area contributed by atoms with Crippen LogP contribution in [0.5, 0.6) is 0 Å². The van der Waals surface area contributed by atoms with Crippen LogP contribution in [-0.2, 0) is 16.1 Å². The van der Waals surface area contributed by atoms with Crippen LogP contribution in [0.1, 0.15) is 42.6 Å². The van der Waals surface area contributed by atoms with Gasteiger partial charge in [0.2, 0.25) is 5.91 Å². The zero-order chi connectivity index (χ0) is 21.2. The van der Waals surface area contributed by atoms with Crippen molar-refractivity contribution >= 4 is 51.7 Å². The van der Waals surface area contributed by atoms with Crippen molar-refractivity contribution in [2.75, 3.05) is 0 Å². The second kappa shape index (κ2) is 6.92. The number of alkyl halides is 2. The topological polar surface area (TPSA) is 111 Å². The molecule has 3 heterocycles. The number of ketones is 1. The Bertz CT molecular complexity index is 1070. The van der Waals surface area contributed by atoms with Gasteiger partial charge < -0.3 is 10.6 Å². The zero-order valence-corrected chi connectivity index (χ0v) is 17.6. The Morgan fingerprint density at radius 3 is 2.73 bits per heavy atom. The number of nitrogens with zero attached hydrogens (tertiary/aromatic N) is 4. The van der Waals surface area contributed by atoms with Crippen LogP contribution in [0.15, 0.2) is 18.5 Å². The van der Waals surface area contributed by atoms with Gasteiger partial charge in [0.05, 0.1) is 17.8 Å². The summed E-state index contributed by atoms with van der Waals surface area (Å²) in [5.74, 6) is -0.237. The summed E-state index contributed by atoms with van der Waals surface area (Å²) in [6.07, 6.45) is 6.47. The number of nitrogens with two attached hydrogens (primary N) is 1. The Morgan fingerprint density at radius 1 is 1.27 bits per heavy atom. The molecule has 0 spiro atoms. The fraction of sp³-hybridized carbons (Fsp3) is 0.550. The number of rotatable bonds is 7. The van der Waals surface area contributed by atoms with E-state index in [1.165, 1.54) is 4.68 Å². The number of likely N-dealkylation sites (tertiary alicyclic amines) is 1. The van der Waals surface area contributed by atoms with Crippen molar-refractivity contribution in [2.45, 2.75) is 55.1 Å². The van der Waals surface area contributed by atoms with Crippen LogP contribution < -0.4 is 5.73 Å². The fourth-order valence-electron chi connectivity index (χ4n) is 4.70. The van der Waals surface area contributed by atoms with E-state index in [4.69, 9.17) is 28.9 Å². The quantitative estimate of drug-likeness (QED) is 0.650. The molecule has 2 aliphatic carbocycles. The molecule has 3 aliphatic rings. The highest BCUT2D eigenvalue weighted by Crippen LogP contribution is 2.55. The third-order valence-electron chi connectivity index (χ3n) is 6.53. The summed E-state index contributed by atoms with van der Waals surface area (Å²) in [6.45, 7) is -0.0719. The predicted molar refractivity (Wildman–Crippen MR) is 110 cm³/mol. The first-order chi connectivity index (χ1) is 14.3. The molecule has 2 saturated carbocycles. The molecule has 0 bridgehead atoms. The number of pyridine rings is 1. The minimum Gasteiger partial charge on any atom is -0.364 e. The lowest BCUT2D eigenvalue weighted by Gasteiger charge is -2.27. The highest BCUT2D eigenvalue weighted by atomic mass is 35.5. The van der Waals surface area contributed by atoms with Crippen molar-refractivity contribution in [3.63, 3.8) is 0 Å². The summed E-state index contributed by atoms with van der Waals surface area (Å²) in [5, 5.41) is 4.79. The molecular formula is C20H21Cl2N5O3. The van der Waals surface area contributed by atoms with Gasteiger partial charge in [-0.25, -0.2) is 0 Å². The third kappa shape index (κ3) is 3.36. The Hall–Kier alpha value is -2.19. The third-order valence-corrected chi connectivity index (χ3v) is 7.46. The normalized spacial score (nSPS) is 28.4. The molecule has 30 heavy (non-hydrogen) atoms. The van der Waals surface area contributed by atoms with Gasteiger partial charge in [0.1, 0.15) is 10.9 Å². The van der Waals surface area contributed by atoms with Crippen molar-refractivity contribution in [3.8, 4) is 0 Å². The molecule has 5 rings (SSSR count). The number of hydrogen-bond donors (Lipinski definition) is 1. The number of carbonyl (C=O) groups is 3. The lowest BCUT2D eigenvalue weighted by Crippen LogP contribution is -2.44. The van der Waals surface area contributed by atoms with Crippen molar-refractivity contribution in [3.05, 3.63) is 24.2 Å². The number of aromatic nitrogens is 3. The van der Waals surface area contributed by atoms with Gasteiger partial charge in [0.25, 0.3) is 5.91 Å². The van der Waals surface area contributed by atoms with E-state index in [1.54, 1.807) is 23.4 Å². The maximum atomic E-state index is 13.2. The number of Topliss-reactive ketones (excluding diaryl/α,β-unsaturated/α-hetero) is 1. The van der Waals surface area contributed by atoms with E-state index < -0.39 is 16.3 Å². The summed E-state index contributed by atoms with van der Waals surface area (Å²) in [7, 11) is 0. The number of amides is 2. The number of hydrogen-bond acceptors (Lipinski definition) is 5. The lowest BCUT2D eigenvalue weighted by atomic mass is 10.0. The molecule has 0 unspecified atom stereocenters. The Morgan fingerprint density at radius 2 is 2.03 bits per heavy atom. The van der Waals surface area contributed by atoms with E-state index in [2.05, 4.69) is 10.1 Å². The highest BCUT2D eigenvalue weighted by Gasteiger charge is 2.56. The van der Waals surface area contributed by atoms with E-state index >= 15 is 0 Å². The second-order valence-corrected chi connectivity index (χ2v) is 10.1. The first kappa shape index (κ1) is 19.8. The number of primary amides is 1. The molecule has 3 fully saturated rings. The van der Waals surface area contributed by atoms with Gasteiger partial charge in [-0.3, -0.25) is 24.0 Å². The first-order valence-corrected chi connectivity index (χ1v) is 10.8. The van der Waals surface area contributed by atoms with Crippen molar-refractivity contribution < 1.29 is 14.4 Å².